The fourth-order valence-corrected chi connectivity index (χ4v) is 8.07. The van der Waals surface area contributed by atoms with E-state index in [4.69, 9.17) is 0 Å². The molecule has 4 aliphatic rings. The molecule has 4 fully saturated rings. The molecular formula is C23H41NO. The van der Waals surface area contributed by atoms with Crippen molar-refractivity contribution in [1.29, 1.82) is 0 Å². The number of aliphatic hydroxyl groups is 1. The molecule has 25 heavy (non-hydrogen) atoms. The Morgan fingerprint density at radius 1 is 0.920 bits per heavy atom. The molecule has 0 heterocycles. The van der Waals surface area contributed by atoms with E-state index in [1.54, 1.807) is 0 Å². The van der Waals surface area contributed by atoms with Crippen LogP contribution < -0.4 is 5.32 Å². The Bertz CT molecular complexity index is 504. The molecule has 0 saturated heterocycles. The molecule has 2 nitrogen and oxygen atoms in total. The predicted molar refractivity (Wildman–Crippen MR) is 104 cm³/mol. The standard InChI is InChI=1S/C23H41NO/c1-16(2)24-15-23(25)14-11-20-18-9-8-17-7-5-6-12-21(17,3)19(18)10-13-22(20,23)4/h16-20,24-25H,5-15H2,1-4H3/t17-,18-,19+,20+,21-,22+,23+/m0/s1. The fourth-order valence-electron chi connectivity index (χ4n) is 8.07. The van der Waals surface area contributed by atoms with Gasteiger partial charge in [0.25, 0.3) is 0 Å². The van der Waals surface area contributed by atoms with E-state index in [0.717, 1.165) is 36.6 Å². The van der Waals surface area contributed by atoms with Crippen molar-refractivity contribution in [2.45, 2.75) is 104 Å². The van der Waals surface area contributed by atoms with Gasteiger partial charge in [-0.1, -0.05) is 40.5 Å². The third kappa shape index (κ3) is 2.64. The minimum atomic E-state index is -0.489. The van der Waals surface area contributed by atoms with Gasteiger partial charge < -0.3 is 10.4 Å². The van der Waals surface area contributed by atoms with E-state index in [1.165, 1.54) is 57.8 Å². The summed E-state index contributed by atoms with van der Waals surface area (Å²) in [6, 6.07) is 0.458. The first-order chi connectivity index (χ1) is 11.8. The predicted octanol–water partition coefficient (Wildman–Crippen LogP) is 5.15. The maximum Gasteiger partial charge on any atom is 0.0827 e. The van der Waals surface area contributed by atoms with E-state index in [1.807, 2.05) is 0 Å². The molecule has 4 rings (SSSR count). The normalized spacial score (nSPS) is 52.6. The zero-order chi connectivity index (χ0) is 17.9. The molecule has 0 aromatic heterocycles. The molecule has 0 aromatic carbocycles. The van der Waals surface area contributed by atoms with Crippen LogP contribution in [0.4, 0.5) is 0 Å². The summed E-state index contributed by atoms with van der Waals surface area (Å²) in [7, 11) is 0. The smallest absolute Gasteiger partial charge is 0.0827 e. The second-order valence-corrected chi connectivity index (χ2v) is 11.0. The van der Waals surface area contributed by atoms with Crippen molar-refractivity contribution in [2.75, 3.05) is 6.54 Å². The SMILES string of the molecule is CC(C)NC[C@]1(O)CC[C@@H]2[C@H]3CC[C@@H]4CCCC[C@]4(C)[C@@H]3CC[C@]21C. The first-order valence-corrected chi connectivity index (χ1v) is 11.3. The topological polar surface area (TPSA) is 32.3 Å². The molecular weight excluding hydrogens is 306 g/mol. The lowest BCUT2D eigenvalue weighted by Gasteiger charge is -2.61. The summed E-state index contributed by atoms with van der Waals surface area (Å²) in [4.78, 5) is 0. The minimum absolute atomic E-state index is 0.133. The van der Waals surface area contributed by atoms with Gasteiger partial charge in [-0.05, 0) is 80.5 Å². The third-order valence-corrected chi connectivity index (χ3v) is 9.71. The van der Waals surface area contributed by atoms with Crippen molar-refractivity contribution in [3.63, 3.8) is 0 Å². The maximum atomic E-state index is 11.6. The third-order valence-electron chi connectivity index (χ3n) is 9.71. The second-order valence-electron chi connectivity index (χ2n) is 11.0. The Balaban J connectivity index is 1.57. The molecule has 0 spiro atoms. The van der Waals surface area contributed by atoms with Gasteiger partial charge in [0.2, 0.25) is 0 Å². The molecule has 4 aliphatic carbocycles. The number of nitrogens with one attached hydrogen (secondary N) is 1. The Morgan fingerprint density at radius 3 is 2.44 bits per heavy atom. The average Bonchev–Trinajstić information content (AvgIpc) is 2.84. The summed E-state index contributed by atoms with van der Waals surface area (Å²) < 4.78 is 0. The molecule has 144 valence electrons. The van der Waals surface area contributed by atoms with E-state index < -0.39 is 5.60 Å². The first-order valence-electron chi connectivity index (χ1n) is 11.3. The van der Waals surface area contributed by atoms with E-state index in [2.05, 4.69) is 33.0 Å². The van der Waals surface area contributed by atoms with Gasteiger partial charge in [0, 0.05) is 18.0 Å². The van der Waals surface area contributed by atoms with Crippen molar-refractivity contribution >= 4 is 0 Å². The van der Waals surface area contributed by atoms with Gasteiger partial charge in [-0.3, -0.25) is 0 Å². The highest BCUT2D eigenvalue weighted by Gasteiger charge is 2.64. The molecule has 4 saturated carbocycles. The van der Waals surface area contributed by atoms with Gasteiger partial charge >= 0.3 is 0 Å². The van der Waals surface area contributed by atoms with E-state index in [0.29, 0.717) is 11.5 Å². The van der Waals surface area contributed by atoms with Crippen LogP contribution in [0.3, 0.4) is 0 Å². The zero-order valence-corrected chi connectivity index (χ0v) is 17.1. The number of hydrogen-bond donors (Lipinski definition) is 2. The van der Waals surface area contributed by atoms with Crippen molar-refractivity contribution in [1.82, 2.24) is 5.32 Å². The quantitative estimate of drug-likeness (QED) is 0.740. The van der Waals surface area contributed by atoms with Crippen LogP contribution in [0.1, 0.15) is 91.9 Å². The number of rotatable bonds is 3. The van der Waals surface area contributed by atoms with Gasteiger partial charge in [-0.2, -0.15) is 0 Å². The van der Waals surface area contributed by atoms with Gasteiger partial charge in [0.1, 0.15) is 0 Å². The molecule has 2 N–H and O–H groups in total. The number of hydrogen-bond acceptors (Lipinski definition) is 2. The Morgan fingerprint density at radius 2 is 1.68 bits per heavy atom. The first kappa shape index (κ1) is 18.3. The van der Waals surface area contributed by atoms with Crippen LogP contribution in [0, 0.1) is 34.5 Å². The van der Waals surface area contributed by atoms with E-state index in [-0.39, 0.29) is 5.41 Å². The van der Waals surface area contributed by atoms with Crippen LogP contribution in [0.15, 0.2) is 0 Å². The summed E-state index contributed by atoms with van der Waals surface area (Å²) in [5, 5.41) is 15.2. The van der Waals surface area contributed by atoms with Crippen molar-refractivity contribution < 1.29 is 5.11 Å². The lowest BCUT2D eigenvalue weighted by atomic mass is 9.44. The second kappa shape index (κ2) is 6.23. The molecule has 0 aliphatic heterocycles. The molecule has 0 radical (unpaired) electrons. The van der Waals surface area contributed by atoms with Crippen LogP contribution in [-0.2, 0) is 0 Å². The van der Waals surface area contributed by atoms with Crippen LogP contribution in [0.2, 0.25) is 0 Å². The maximum absolute atomic E-state index is 11.6. The molecule has 7 atom stereocenters. The lowest BCUT2D eigenvalue weighted by Crippen LogP contribution is -2.58. The van der Waals surface area contributed by atoms with Crippen LogP contribution in [0.5, 0.6) is 0 Å². The summed E-state index contributed by atoms with van der Waals surface area (Å²) in [6.07, 6.45) is 13.7. The summed E-state index contributed by atoms with van der Waals surface area (Å²) in [5.74, 6) is 3.57. The minimum Gasteiger partial charge on any atom is -0.388 e. The molecule has 0 unspecified atom stereocenters. The summed E-state index contributed by atoms with van der Waals surface area (Å²) >= 11 is 0. The van der Waals surface area contributed by atoms with Gasteiger partial charge in [-0.25, -0.2) is 0 Å². The highest BCUT2D eigenvalue weighted by atomic mass is 16.3. The van der Waals surface area contributed by atoms with Gasteiger partial charge in [0.15, 0.2) is 0 Å². The van der Waals surface area contributed by atoms with Crippen LogP contribution in [-0.4, -0.2) is 23.3 Å². The van der Waals surface area contributed by atoms with Crippen molar-refractivity contribution in [3.05, 3.63) is 0 Å². The monoisotopic (exact) mass is 347 g/mol. The Hall–Kier alpha value is -0.0800. The highest BCUT2D eigenvalue weighted by Crippen LogP contribution is 2.68. The molecule has 0 bridgehead atoms. The fraction of sp³-hybridized carbons (Fsp3) is 1.00. The summed E-state index contributed by atoms with van der Waals surface area (Å²) in [6.45, 7) is 10.3. The van der Waals surface area contributed by atoms with E-state index >= 15 is 0 Å². The molecule has 2 heteroatoms. The van der Waals surface area contributed by atoms with Crippen molar-refractivity contribution in [2.24, 2.45) is 34.5 Å². The molecule has 0 aromatic rings. The van der Waals surface area contributed by atoms with Crippen LogP contribution in [0.25, 0.3) is 0 Å². The Kier molecular flexibility index (Phi) is 4.56. The van der Waals surface area contributed by atoms with Crippen LogP contribution >= 0.6 is 0 Å². The highest BCUT2D eigenvalue weighted by molar-refractivity contribution is 5.14. The van der Waals surface area contributed by atoms with Gasteiger partial charge in [-0.15, -0.1) is 0 Å². The average molecular weight is 348 g/mol. The van der Waals surface area contributed by atoms with E-state index in [9.17, 15) is 5.11 Å². The molecule has 0 amide bonds. The Labute approximate surface area is 155 Å². The lowest BCUT2D eigenvalue weighted by molar-refractivity contribution is -0.150. The van der Waals surface area contributed by atoms with Gasteiger partial charge in [0.05, 0.1) is 5.60 Å². The largest absolute Gasteiger partial charge is 0.388 e. The number of fused-ring (bicyclic) bond motifs is 5. The zero-order valence-electron chi connectivity index (χ0n) is 17.1. The van der Waals surface area contributed by atoms with Crippen molar-refractivity contribution in [3.8, 4) is 0 Å². The summed E-state index contributed by atoms with van der Waals surface area (Å²) in [5.41, 5.74) is 0.254.